The maximum atomic E-state index is 12.5. The molecule has 0 aliphatic rings. The van der Waals surface area contributed by atoms with Crippen molar-refractivity contribution in [3.8, 4) is 11.5 Å². The molecular weight excluding hydrogens is 264 g/mol. The van der Waals surface area contributed by atoms with Gasteiger partial charge >= 0.3 is 0 Å². The predicted molar refractivity (Wildman–Crippen MR) is 83.5 cm³/mol. The number of carbonyl (C=O) groups excluding carboxylic acids is 1. The van der Waals surface area contributed by atoms with E-state index in [1.54, 1.807) is 14.2 Å². The van der Waals surface area contributed by atoms with Crippen molar-refractivity contribution in [1.82, 2.24) is 0 Å². The Morgan fingerprint density at radius 3 is 2.19 bits per heavy atom. The molecule has 0 radical (unpaired) electrons. The maximum absolute atomic E-state index is 12.5. The second-order valence-corrected chi connectivity index (χ2v) is 5.08. The molecule has 0 N–H and O–H groups in total. The van der Waals surface area contributed by atoms with Crippen LogP contribution in [0.1, 0.15) is 27.0 Å². The van der Waals surface area contributed by atoms with Crippen LogP contribution in [0.25, 0.3) is 0 Å². The van der Waals surface area contributed by atoms with E-state index in [1.807, 2.05) is 50.2 Å². The molecule has 0 atom stereocenters. The number of rotatable bonds is 5. The molecule has 0 fully saturated rings. The first kappa shape index (κ1) is 15.1. The van der Waals surface area contributed by atoms with Crippen LogP contribution in [0.5, 0.6) is 11.5 Å². The first-order valence-corrected chi connectivity index (χ1v) is 6.86. The van der Waals surface area contributed by atoms with E-state index in [1.165, 1.54) is 0 Å². The number of ketones is 1. The molecule has 3 heteroatoms. The van der Waals surface area contributed by atoms with Gasteiger partial charge in [0.05, 0.1) is 14.2 Å². The topological polar surface area (TPSA) is 35.5 Å². The van der Waals surface area contributed by atoms with Crippen molar-refractivity contribution in [3.05, 3.63) is 58.7 Å². The van der Waals surface area contributed by atoms with Gasteiger partial charge in [-0.1, -0.05) is 12.1 Å². The van der Waals surface area contributed by atoms with Gasteiger partial charge in [-0.3, -0.25) is 4.79 Å². The number of aryl methyl sites for hydroxylation is 2. The maximum Gasteiger partial charge on any atom is 0.167 e. The fourth-order valence-corrected chi connectivity index (χ4v) is 2.33. The molecular formula is C18H20O3. The summed E-state index contributed by atoms with van der Waals surface area (Å²) in [5.41, 5.74) is 3.65. The van der Waals surface area contributed by atoms with Crippen LogP contribution < -0.4 is 9.47 Å². The third-order valence-corrected chi connectivity index (χ3v) is 3.57. The first-order valence-electron chi connectivity index (χ1n) is 6.86. The molecule has 0 amide bonds. The molecule has 0 bridgehead atoms. The lowest BCUT2D eigenvalue weighted by Gasteiger charge is -2.11. The molecule has 0 spiro atoms. The standard InChI is InChI=1S/C18H20O3/c1-12-10-18(21-4)13(2)9-16(12)17(19)11-14-5-7-15(20-3)8-6-14/h5-10H,11H2,1-4H3. The van der Waals surface area contributed by atoms with Gasteiger partial charge in [-0.2, -0.15) is 0 Å². The Labute approximate surface area is 125 Å². The molecule has 0 aliphatic heterocycles. The summed E-state index contributed by atoms with van der Waals surface area (Å²) in [5.74, 6) is 1.72. The summed E-state index contributed by atoms with van der Waals surface area (Å²) in [6.07, 6.45) is 0.386. The lowest BCUT2D eigenvalue weighted by molar-refractivity contribution is 0.0992. The van der Waals surface area contributed by atoms with Crippen LogP contribution in [0.15, 0.2) is 36.4 Å². The number of Topliss-reactive ketones (excluding diaryl/α,β-unsaturated/α-hetero) is 1. The van der Waals surface area contributed by atoms with Crippen LogP contribution in [0, 0.1) is 13.8 Å². The van der Waals surface area contributed by atoms with E-state index in [2.05, 4.69) is 0 Å². The molecule has 0 saturated heterocycles. The SMILES string of the molecule is COc1ccc(CC(=O)c2cc(C)c(OC)cc2C)cc1. The Bertz CT molecular complexity index is 642. The zero-order valence-corrected chi connectivity index (χ0v) is 12.9. The van der Waals surface area contributed by atoms with Crippen molar-refractivity contribution in [2.75, 3.05) is 14.2 Å². The average molecular weight is 284 g/mol. The highest BCUT2D eigenvalue weighted by Crippen LogP contribution is 2.24. The highest BCUT2D eigenvalue weighted by Gasteiger charge is 2.13. The molecule has 110 valence electrons. The fraction of sp³-hybridized carbons (Fsp3) is 0.278. The van der Waals surface area contributed by atoms with Crippen LogP contribution in [0.4, 0.5) is 0 Å². The highest BCUT2D eigenvalue weighted by molar-refractivity contribution is 5.99. The van der Waals surface area contributed by atoms with Gasteiger partial charge in [0.25, 0.3) is 0 Å². The summed E-state index contributed by atoms with van der Waals surface area (Å²) in [4.78, 5) is 12.5. The van der Waals surface area contributed by atoms with Crippen molar-refractivity contribution in [1.29, 1.82) is 0 Å². The highest BCUT2D eigenvalue weighted by atomic mass is 16.5. The van der Waals surface area contributed by atoms with Crippen molar-refractivity contribution in [2.24, 2.45) is 0 Å². The van der Waals surface area contributed by atoms with Gasteiger partial charge in [0.15, 0.2) is 5.78 Å². The van der Waals surface area contributed by atoms with Crippen molar-refractivity contribution < 1.29 is 14.3 Å². The second kappa shape index (κ2) is 6.44. The van der Waals surface area contributed by atoms with E-state index in [9.17, 15) is 4.79 Å². The Balaban J connectivity index is 2.21. The van der Waals surface area contributed by atoms with Gasteiger partial charge in [-0.05, 0) is 54.8 Å². The number of ether oxygens (including phenoxy) is 2. The van der Waals surface area contributed by atoms with Crippen molar-refractivity contribution in [2.45, 2.75) is 20.3 Å². The van der Waals surface area contributed by atoms with Crippen molar-refractivity contribution >= 4 is 5.78 Å². The van der Waals surface area contributed by atoms with Gasteiger partial charge in [0, 0.05) is 12.0 Å². The van der Waals surface area contributed by atoms with Gasteiger partial charge < -0.3 is 9.47 Å². The number of carbonyl (C=O) groups is 1. The minimum atomic E-state index is 0.114. The quantitative estimate of drug-likeness (QED) is 0.784. The van der Waals surface area contributed by atoms with Gasteiger partial charge in [0.1, 0.15) is 11.5 Å². The van der Waals surface area contributed by atoms with Crippen LogP contribution in [-0.4, -0.2) is 20.0 Å². The molecule has 3 nitrogen and oxygen atoms in total. The Morgan fingerprint density at radius 1 is 0.952 bits per heavy atom. The largest absolute Gasteiger partial charge is 0.497 e. The lowest BCUT2D eigenvalue weighted by atomic mass is 9.97. The van der Waals surface area contributed by atoms with Gasteiger partial charge in [0.2, 0.25) is 0 Å². The molecule has 0 unspecified atom stereocenters. The average Bonchev–Trinajstić information content (AvgIpc) is 2.49. The number of hydrogen-bond acceptors (Lipinski definition) is 3. The molecule has 0 saturated carbocycles. The summed E-state index contributed by atoms with van der Waals surface area (Å²) >= 11 is 0. The van der Waals surface area contributed by atoms with Gasteiger partial charge in [-0.15, -0.1) is 0 Å². The molecule has 2 aromatic carbocycles. The lowest BCUT2D eigenvalue weighted by Crippen LogP contribution is -2.07. The molecule has 0 aromatic heterocycles. The van der Waals surface area contributed by atoms with Crippen LogP contribution in [0.2, 0.25) is 0 Å². The van der Waals surface area contributed by atoms with Crippen LogP contribution >= 0.6 is 0 Å². The molecule has 0 heterocycles. The van der Waals surface area contributed by atoms with E-state index in [4.69, 9.17) is 9.47 Å². The third-order valence-electron chi connectivity index (χ3n) is 3.57. The number of benzene rings is 2. The third kappa shape index (κ3) is 3.43. The normalized spacial score (nSPS) is 10.3. The molecule has 2 aromatic rings. The molecule has 21 heavy (non-hydrogen) atoms. The van der Waals surface area contributed by atoms with E-state index >= 15 is 0 Å². The minimum Gasteiger partial charge on any atom is -0.497 e. The van der Waals surface area contributed by atoms with E-state index in [0.717, 1.165) is 33.8 Å². The predicted octanol–water partition coefficient (Wildman–Crippen LogP) is 3.75. The molecule has 0 aliphatic carbocycles. The zero-order chi connectivity index (χ0) is 15.4. The Hall–Kier alpha value is -2.29. The van der Waals surface area contributed by atoms with Crippen LogP contribution in [-0.2, 0) is 6.42 Å². The summed E-state index contributed by atoms with van der Waals surface area (Å²) in [6.45, 7) is 3.88. The fourth-order valence-electron chi connectivity index (χ4n) is 2.33. The number of methoxy groups -OCH3 is 2. The zero-order valence-electron chi connectivity index (χ0n) is 12.9. The first-order chi connectivity index (χ1) is 10.0. The second-order valence-electron chi connectivity index (χ2n) is 5.08. The Morgan fingerprint density at radius 2 is 1.62 bits per heavy atom. The van der Waals surface area contributed by atoms with E-state index < -0.39 is 0 Å². The minimum absolute atomic E-state index is 0.114. The monoisotopic (exact) mass is 284 g/mol. The molecule has 2 rings (SSSR count). The van der Waals surface area contributed by atoms with E-state index in [0.29, 0.717) is 6.42 Å². The smallest absolute Gasteiger partial charge is 0.167 e. The summed E-state index contributed by atoms with van der Waals surface area (Å²) in [7, 11) is 3.27. The van der Waals surface area contributed by atoms with Crippen molar-refractivity contribution in [3.63, 3.8) is 0 Å². The van der Waals surface area contributed by atoms with Gasteiger partial charge in [-0.25, -0.2) is 0 Å². The summed E-state index contributed by atoms with van der Waals surface area (Å²) in [5, 5.41) is 0. The number of hydrogen-bond donors (Lipinski definition) is 0. The van der Waals surface area contributed by atoms with E-state index in [-0.39, 0.29) is 5.78 Å². The Kier molecular flexibility index (Phi) is 4.63. The summed E-state index contributed by atoms with van der Waals surface area (Å²) < 4.78 is 10.4. The summed E-state index contributed by atoms with van der Waals surface area (Å²) in [6, 6.07) is 11.4. The van der Waals surface area contributed by atoms with Crippen LogP contribution in [0.3, 0.4) is 0 Å².